The molecule has 23 heavy (non-hydrogen) atoms. The van der Waals surface area contributed by atoms with Gasteiger partial charge in [0, 0.05) is 23.5 Å². The predicted molar refractivity (Wildman–Crippen MR) is 85.1 cm³/mol. The van der Waals surface area contributed by atoms with Gasteiger partial charge in [-0.3, -0.25) is 9.59 Å². The molecule has 7 heteroatoms. The van der Waals surface area contributed by atoms with E-state index in [1.54, 1.807) is 24.3 Å². The summed E-state index contributed by atoms with van der Waals surface area (Å²) in [6.45, 7) is 1.89. The van der Waals surface area contributed by atoms with E-state index in [4.69, 9.17) is 9.52 Å². The molecule has 1 aliphatic carbocycles. The normalized spacial score (nSPS) is 15.3. The second-order valence-electron chi connectivity index (χ2n) is 5.85. The molecule has 1 amide bonds. The maximum Gasteiger partial charge on any atom is 0.308 e. The highest BCUT2D eigenvalue weighted by Gasteiger charge is 2.34. The van der Waals surface area contributed by atoms with Crippen LogP contribution in [0, 0.1) is 5.92 Å². The highest BCUT2D eigenvalue weighted by molar-refractivity contribution is 7.13. The van der Waals surface area contributed by atoms with Crippen molar-refractivity contribution in [1.82, 2.24) is 9.88 Å². The lowest BCUT2D eigenvalue weighted by molar-refractivity contribution is -0.143. The van der Waals surface area contributed by atoms with Crippen molar-refractivity contribution in [2.24, 2.45) is 5.92 Å². The Hall–Kier alpha value is -2.15. The number of carbonyl (C=O) groups excluding carboxylic acids is 1. The molecule has 1 saturated carbocycles. The van der Waals surface area contributed by atoms with Gasteiger partial charge in [0.15, 0.2) is 0 Å². The molecule has 122 valence electrons. The summed E-state index contributed by atoms with van der Waals surface area (Å²) in [4.78, 5) is 29.7. The smallest absolute Gasteiger partial charge is 0.308 e. The number of carboxylic acids is 1. The third-order valence-corrected chi connectivity index (χ3v) is 4.79. The number of nitrogens with zero attached hydrogens (tertiary/aromatic N) is 2. The Kier molecular flexibility index (Phi) is 4.47. The van der Waals surface area contributed by atoms with Gasteiger partial charge in [0.05, 0.1) is 24.3 Å². The fraction of sp³-hybridized carbons (Fsp3) is 0.438. The maximum atomic E-state index is 12.5. The molecule has 0 radical (unpaired) electrons. The number of rotatable bonds is 7. The Morgan fingerprint density at radius 3 is 2.91 bits per heavy atom. The van der Waals surface area contributed by atoms with E-state index in [-0.39, 0.29) is 24.9 Å². The van der Waals surface area contributed by atoms with Gasteiger partial charge in [0.2, 0.25) is 5.91 Å². The van der Waals surface area contributed by atoms with Gasteiger partial charge in [-0.15, -0.1) is 11.3 Å². The van der Waals surface area contributed by atoms with Gasteiger partial charge >= 0.3 is 5.97 Å². The molecular formula is C16H18N2O4S. The van der Waals surface area contributed by atoms with Gasteiger partial charge in [0.1, 0.15) is 11.3 Å². The first-order chi connectivity index (χ1) is 11.0. The summed E-state index contributed by atoms with van der Waals surface area (Å²) in [5.41, 5.74) is 1.61. The fourth-order valence-corrected chi connectivity index (χ4v) is 3.18. The van der Waals surface area contributed by atoms with Crippen molar-refractivity contribution in [3.05, 3.63) is 29.7 Å². The van der Waals surface area contributed by atoms with Gasteiger partial charge in [0.25, 0.3) is 0 Å². The van der Waals surface area contributed by atoms with Crippen LogP contribution in [-0.4, -0.2) is 39.5 Å². The Bertz CT molecular complexity index is 691. The molecule has 2 aromatic rings. The first-order valence-electron chi connectivity index (χ1n) is 7.54. The van der Waals surface area contributed by atoms with Crippen molar-refractivity contribution in [1.29, 1.82) is 0 Å². The van der Waals surface area contributed by atoms with Crippen LogP contribution in [0.1, 0.15) is 25.5 Å². The minimum absolute atomic E-state index is 0.0513. The molecule has 1 atom stereocenters. The van der Waals surface area contributed by atoms with Crippen molar-refractivity contribution < 1.29 is 19.1 Å². The van der Waals surface area contributed by atoms with E-state index >= 15 is 0 Å². The van der Waals surface area contributed by atoms with Crippen LogP contribution in [0.5, 0.6) is 0 Å². The monoisotopic (exact) mass is 334 g/mol. The number of hydrogen-bond acceptors (Lipinski definition) is 5. The fourth-order valence-electron chi connectivity index (χ4n) is 2.38. The van der Waals surface area contributed by atoms with Gasteiger partial charge in [-0.25, -0.2) is 4.98 Å². The topological polar surface area (TPSA) is 83.6 Å². The number of carbonyl (C=O) groups is 2. The van der Waals surface area contributed by atoms with E-state index in [1.165, 1.54) is 11.3 Å². The number of thiazole rings is 1. The Labute approximate surface area is 137 Å². The minimum Gasteiger partial charge on any atom is -0.481 e. The standard InChI is InChI=1S/C16H18N2O4S/c1-10(16(20)21)7-18(13-2-3-13)14(19)6-12-9-23-15(17-12)11-4-5-22-8-11/h4-5,8-10,13H,2-3,6-7H2,1H3,(H,20,21). The molecule has 1 N–H and O–H groups in total. The van der Waals surface area contributed by atoms with Crippen LogP contribution in [0.15, 0.2) is 28.4 Å². The lowest BCUT2D eigenvalue weighted by atomic mass is 10.1. The second kappa shape index (κ2) is 6.54. The summed E-state index contributed by atoms with van der Waals surface area (Å²) in [5, 5.41) is 11.7. The molecule has 6 nitrogen and oxygen atoms in total. The van der Waals surface area contributed by atoms with Crippen molar-refractivity contribution in [2.75, 3.05) is 6.54 Å². The van der Waals surface area contributed by atoms with Crippen LogP contribution in [0.3, 0.4) is 0 Å². The van der Waals surface area contributed by atoms with Gasteiger partial charge < -0.3 is 14.4 Å². The number of amides is 1. The minimum atomic E-state index is -0.876. The molecule has 0 aromatic carbocycles. The average Bonchev–Trinajstić information content (AvgIpc) is 3.01. The third kappa shape index (κ3) is 3.79. The van der Waals surface area contributed by atoms with Gasteiger partial charge in [-0.2, -0.15) is 0 Å². The molecule has 1 fully saturated rings. The van der Waals surface area contributed by atoms with E-state index in [0.717, 1.165) is 23.4 Å². The Morgan fingerprint density at radius 1 is 1.52 bits per heavy atom. The molecule has 1 unspecified atom stereocenters. The maximum absolute atomic E-state index is 12.5. The van der Waals surface area contributed by atoms with Crippen LogP contribution in [0.2, 0.25) is 0 Å². The number of furan rings is 1. The van der Waals surface area contributed by atoms with Crippen molar-refractivity contribution in [3.63, 3.8) is 0 Å². The van der Waals surface area contributed by atoms with Crippen LogP contribution in [0.4, 0.5) is 0 Å². The van der Waals surface area contributed by atoms with E-state index in [9.17, 15) is 9.59 Å². The van der Waals surface area contributed by atoms with E-state index in [2.05, 4.69) is 4.98 Å². The zero-order valence-corrected chi connectivity index (χ0v) is 13.6. The first-order valence-corrected chi connectivity index (χ1v) is 8.42. The van der Waals surface area contributed by atoms with Crippen molar-refractivity contribution in [2.45, 2.75) is 32.2 Å². The summed E-state index contributed by atoms with van der Waals surface area (Å²) in [5.74, 6) is -1.49. The summed E-state index contributed by atoms with van der Waals surface area (Å²) in [6.07, 6.45) is 5.32. The highest BCUT2D eigenvalue weighted by Crippen LogP contribution is 2.29. The number of hydrogen-bond donors (Lipinski definition) is 1. The molecule has 2 aromatic heterocycles. The number of aromatic nitrogens is 1. The molecular weight excluding hydrogens is 316 g/mol. The van der Waals surface area contributed by atoms with Gasteiger partial charge in [-0.1, -0.05) is 6.92 Å². The Balaban J connectivity index is 1.66. The lowest BCUT2D eigenvalue weighted by Crippen LogP contribution is -2.39. The Morgan fingerprint density at radius 2 is 2.30 bits per heavy atom. The molecule has 1 aliphatic rings. The average molecular weight is 334 g/mol. The highest BCUT2D eigenvalue weighted by atomic mass is 32.1. The molecule has 0 aliphatic heterocycles. The van der Waals surface area contributed by atoms with Crippen LogP contribution >= 0.6 is 11.3 Å². The van der Waals surface area contributed by atoms with E-state index < -0.39 is 11.9 Å². The van der Waals surface area contributed by atoms with Crippen molar-refractivity contribution >= 4 is 23.2 Å². The quantitative estimate of drug-likeness (QED) is 0.841. The molecule has 0 spiro atoms. The molecule has 0 bridgehead atoms. The van der Waals surface area contributed by atoms with Crippen LogP contribution in [-0.2, 0) is 16.0 Å². The summed E-state index contributed by atoms with van der Waals surface area (Å²) in [6, 6.07) is 2.02. The van der Waals surface area contributed by atoms with E-state index in [1.807, 2.05) is 11.4 Å². The molecule has 2 heterocycles. The zero-order chi connectivity index (χ0) is 16.4. The van der Waals surface area contributed by atoms with Crippen molar-refractivity contribution in [3.8, 4) is 10.6 Å². The number of aliphatic carboxylic acids is 1. The molecule has 0 saturated heterocycles. The molecule has 3 rings (SSSR count). The predicted octanol–water partition coefficient (Wildman–Crippen LogP) is 2.66. The van der Waals surface area contributed by atoms with Gasteiger partial charge in [-0.05, 0) is 18.9 Å². The summed E-state index contributed by atoms with van der Waals surface area (Å²) >= 11 is 1.47. The second-order valence-corrected chi connectivity index (χ2v) is 6.71. The van der Waals surface area contributed by atoms with Crippen LogP contribution < -0.4 is 0 Å². The lowest BCUT2D eigenvalue weighted by Gasteiger charge is -2.24. The van der Waals surface area contributed by atoms with E-state index in [0.29, 0.717) is 5.69 Å². The van der Waals surface area contributed by atoms with Crippen LogP contribution in [0.25, 0.3) is 10.6 Å². The first kappa shape index (κ1) is 15.7. The zero-order valence-electron chi connectivity index (χ0n) is 12.8. The largest absolute Gasteiger partial charge is 0.481 e. The SMILES string of the molecule is CC(CN(C(=O)Cc1csc(-c2ccoc2)n1)C1CC1)C(=O)O. The summed E-state index contributed by atoms with van der Waals surface area (Å²) in [7, 11) is 0. The summed E-state index contributed by atoms with van der Waals surface area (Å²) < 4.78 is 5.04. The number of carboxylic acid groups (broad SMARTS) is 1. The third-order valence-electron chi connectivity index (χ3n) is 3.85.